The number of halogens is 3. The van der Waals surface area contributed by atoms with Crippen LogP contribution in [0.4, 0.5) is 8.78 Å². The number of hydrogen-bond donors (Lipinski definition) is 2. The Morgan fingerprint density at radius 1 is 1.25 bits per heavy atom. The summed E-state index contributed by atoms with van der Waals surface area (Å²) in [6.07, 6.45) is 1.08. The number of carbonyl (C=O) groups excluding carboxylic acids is 1. The molecule has 0 aromatic heterocycles. The van der Waals surface area contributed by atoms with Crippen molar-refractivity contribution in [3.8, 4) is 11.1 Å². The van der Waals surface area contributed by atoms with Crippen molar-refractivity contribution in [1.29, 1.82) is 0 Å². The molecule has 11 heteroatoms. The summed E-state index contributed by atoms with van der Waals surface area (Å²) in [6.45, 7) is 1.07. The van der Waals surface area contributed by atoms with Crippen molar-refractivity contribution in [1.82, 2.24) is 13.9 Å². The predicted molar refractivity (Wildman–Crippen MR) is 135 cm³/mol. The van der Waals surface area contributed by atoms with Gasteiger partial charge in [0.1, 0.15) is 11.4 Å². The van der Waals surface area contributed by atoms with E-state index in [9.17, 15) is 18.3 Å². The molecule has 1 saturated carbocycles. The number of amides is 1. The first kappa shape index (κ1) is 25.7. The molecule has 2 aliphatic heterocycles. The van der Waals surface area contributed by atoms with E-state index in [4.69, 9.17) is 0 Å². The largest absolute Gasteiger partial charge is 0.380 e. The van der Waals surface area contributed by atoms with Crippen molar-refractivity contribution in [2.24, 2.45) is 0 Å². The van der Waals surface area contributed by atoms with Gasteiger partial charge in [-0.2, -0.15) is 17.4 Å². The van der Waals surface area contributed by atoms with Gasteiger partial charge in [0.2, 0.25) is 0 Å². The molecule has 3 aliphatic rings. The van der Waals surface area contributed by atoms with Crippen LogP contribution in [0.5, 0.6) is 0 Å². The van der Waals surface area contributed by atoms with Gasteiger partial charge in [0.25, 0.3) is 16.1 Å². The van der Waals surface area contributed by atoms with Crippen molar-refractivity contribution in [3.63, 3.8) is 0 Å². The fourth-order valence-corrected chi connectivity index (χ4v) is 7.00. The molecule has 7 nitrogen and oxygen atoms in total. The summed E-state index contributed by atoms with van der Waals surface area (Å²) in [6, 6.07) is 8.08. The molecule has 2 saturated heterocycles. The number of benzene rings is 2. The third kappa shape index (κ3) is 4.18. The van der Waals surface area contributed by atoms with Gasteiger partial charge in [-0.3, -0.25) is 4.79 Å². The van der Waals surface area contributed by atoms with Gasteiger partial charge in [0, 0.05) is 17.1 Å². The smallest absolute Gasteiger partial charge is 0.279 e. The quantitative estimate of drug-likeness (QED) is 0.579. The zero-order valence-electron chi connectivity index (χ0n) is 20.0. The van der Waals surface area contributed by atoms with Crippen LogP contribution in [0, 0.1) is 12.7 Å². The second-order valence-electron chi connectivity index (χ2n) is 10.2. The van der Waals surface area contributed by atoms with E-state index in [0.717, 1.165) is 14.3 Å². The summed E-state index contributed by atoms with van der Waals surface area (Å²) >= 11 is 3.44. The Hall–Kier alpha value is -1.92. The predicted octanol–water partition coefficient (Wildman–Crippen LogP) is 3.09. The highest BCUT2D eigenvalue weighted by atomic mass is 79.9. The SMILES string of the molecule is Cc1cc(-c2cccc(C[C@H]3[C@H]4NS(=O)(=O)N(C)CC4(F)CN3C(=O)C3(O)CCC3)c2F)ccc1Br. The summed E-state index contributed by atoms with van der Waals surface area (Å²) in [5, 5.41) is 10.8. The summed E-state index contributed by atoms with van der Waals surface area (Å²) in [7, 11) is -2.71. The van der Waals surface area contributed by atoms with Crippen LogP contribution in [0.25, 0.3) is 11.1 Å². The van der Waals surface area contributed by atoms with Crippen LogP contribution in [0.2, 0.25) is 0 Å². The van der Waals surface area contributed by atoms with Crippen LogP contribution in [-0.2, 0) is 21.4 Å². The number of alkyl halides is 1. The Labute approximate surface area is 217 Å². The summed E-state index contributed by atoms with van der Waals surface area (Å²) < 4.78 is 61.4. The molecule has 2 N–H and O–H groups in total. The molecule has 194 valence electrons. The number of nitrogens with zero attached hydrogens (tertiary/aromatic N) is 2. The topological polar surface area (TPSA) is 90.0 Å². The number of carbonyl (C=O) groups is 1. The van der Waals surface area contributed by atoms with Gasteiger partial charge in [-0.05, 0) is 55.4 Å². The number of aryl methyl sites for hydroxylation is 1. The molecule has 1 amide bonds. The first-order valence-electron chi connectivity index (χ1n) is 11.8. The van der Waals surface area contributed by atoms with Crippen LogP contribution >= 0.6 is 15.9 Å². The van der Waals surface area contributed by atoms with Gasteiger partial charge in [0.05, 0.1) is 25.2 Å². The second-order valence-corrected chi connectivity index (χ2v) is 12.9. The van der Waals surface area contributed by atoms with E-state index >= 15 is 8.78 Å². The fourth-order valence-electron chi connectivity index (χ4n) is 5.50. The molecule has 5 rings (SSSR count). The lowest BCUT2D eigenvalue weighted by Crippen LogP contribution is -2.65. The molecule has 0 bridgehead atoms. The molecular weight excluding hydrogens is 556 g/mol. The Morgan fingerprint density at radius 3 is 2.61 bits per heavy atom. The first-order chi connectivity index (χ1) is 16.8. The fraction of sp³-hybridized carbons (Fsp3) is 0.480. The molecule has 1 unspecified atom stereocenters. The van der Waals surface area contributed by atoms with Gasteiger partial charge in [-0.1, -0.05) is 46.3 Å². The summed E-state index contributed by atoms with van der Waals surface area (Å²) in [4.78, 5) is 14.6. The van der Waals surface area contributed by atoms with E-state index < -0.39 is 51.8 Å². The van der Waals surface area contributed by atoms with Crippen LogP contribution in [0.15, 0.2) is 40.9 Å². The van der Waals surface area contributed by atoms with E-state index in [2.05, 4.69) is 20.7 Å². The maximum absolute atomic E-state index is 16.2. The highest BCUT2D eigenvalue weighted by Gasteiger charge is 2.62. The highest BCUT2D eigenvalue weighted by Crippen LogP contribution is 2.42. The van der Waals surface area contributed by atoms with Gasteiger partial charge in [0.15, 0.2) is 5.67 Å². The maximum atomic E-state index is 16.2. The zero-order chi connectivity index (χ0) is 26.0. The molecule has 2 heterocycles. The summed E-state index contributed by atoms with van der Waals surface area (Å²) in [5.41, 5.74) is -1.50. The molecule has 2 aromatic carbocycles. The monoisotopic (exact) mass is 583 g/mol. The van der Waals surface area contributed by atoms with E-state index in [1.54, 1.807) is 24.3 Å². The normalized spacial score (nSPS) is 29.0. The molecule has 3 fully saturated rings. The van der Waals surface area contributed by atoms with E-state index in [1.807, 2.05) is 19.1 Å². The van der Waals surface area contributed by atoms with Crippen molar-refractivity contribution in [3.05, 3.63) is 57.8 Å². The van der Waals surface area contributed by atoms with E-state index in [-0.39, 0.29) is 31.4 Å². The second kappa shape index (κ2) is 8.83. The minimum atomic E-state index is -3.98. The maximum Gasteiger partial charge on any atom is 0.279 e. The van der Waals surface area contributed by atoms with Crippen molar-refractivity contribution < 1.29 is 27.1 Å². The van der Waals surface area contributed by atoms with Gasteiger partial charge in [-0.25, -0.2) is 8.78 Å². The third-order valence-corrected chi connectivity index (χ3v) is 10.2. The van der Waals surface area contributed by atoms with Crippen LogP contribution in [0.3, 0.4) is 0 Å². The van der Waals surface area contributed by atoms with E-state index in [0.29, 0.717) is 17.5 Å². The third-order valence-electron chi connectivity index (χ3n) is 7.76. The average Bonchev–Trinajstić information content (AvgIpc) is 3.06. The Balaban J connectivity index is 1.54. The first-order valence-corrected chi connectivity index (χ1v) is 14.1. The number of fused-ring (bicyclic) bond motifs is 1. The number of hydrogen-bond acceptors (Lipinski definition) is 4. The highest BCUT2D eigenvalue weighted by molar-refractivity contribution is 9.10. The lowest BCUT2D eigenvalue weighted by atomic mass is 9.79. The number of rotatable bonds is 4. The van der Waals surface area contributed by atoms with Gasteiger partial charge >= 0.3 is 0 Å². The average molecular weight is 584 g/mol. The van der Waals surface area contributed by atoms with Crippen molar-refractivity contribution in [2.45, 2.75) is 56.0 Å². The van der Waals surface area contributed by atoms with Gasteiger partial charge < -0.3 is 10.0 Å². The lowest BCUT2D eigenvalue weighted by molar-refractivity contribution is -0.161. The molecule has 36 heavy (non-hydrogen) atoms. The van der Waals surface area contributed by atoms with Crippen LogP contribution in [0.1, 0.15) is 30.4 Å². The molecule has 2 aromatic rings. The number of aliphatic hydroxyl groups is 1. The Kier molecular flexibility index (Phi) is 6.31. The standard InChI is InChI=1S/C25H28BrF2N3O4S/c1-15-11-16(7-8-19(15)26)18-6-3-5-17(21(18)27)12-20-22-24(28,13-30(2)36(34,35)29-22)14-31(20)23(32)25(33)9-4-10-25/h3,5-8,11,20,22,29,33H,4,9-10,12-14H2,1-2H3/t20-,22+,24?/m0/s1. The lowest BCUT2D eigenvalue weighted by Gasteiger charge is -2.40. The molecule has 1 aliphatic carbocycles. The molecular formula is C25H28BrF2N3O4S. The zero-order valence-corrected chi connectivity index (χ0v) is 22.4. The van der Waals surface area contributed by atoms with Crippen LogP contribution in [-0.4, -0.2) is 72.1 Å². The Morgan fingerprint density at radius 2 is 1.97 bits per heavy atom. The van der Waals surface area contributed by atoms with Crippen molar-refractivity contribution in [2.75, 3.05) is 20.1 Å². The molecule has 0 spiro atoms. The Bertz CT molecular complexity index is 1340. The van der Waals surface area contributed by atoms with Gasteiger partial charge in [-0.15, -0.1) is 0 Å². The summed E-state index contributed by atoms with van der Waals surface area (Å²) in [5.74, 6) is -1.15. The molecule has 3 atom stereocenters. The molecule has 0 radical (unpaired) electrons. The van der Waals surface area contributed by atoms with Crippen LogP contribution < -0.4 is 4.72 Å². The minimum Gasteiger partial charge on any atom is -0.380 e. The number of likely N-dealkylation sites (tertiary alicyclic amines) is 1. The van der Waals surface area contributed by atoms with E-state index in [1.165, 1.54) is 11.9 Å². The number of nitrogens with one attached hydrogen (secondary N) is 1. The minimum absolute atomic E-state index is 0.112. The van der Waals surface area contributed by atoms with Crippen molar-refractivity contribution >= 4 is 32.0 Å².